The number of hydrogen-bond donors (Lipinski definition) is 1. The summed E-state index contributed by atoms with van der Waals surface area (Å²) in [5.74, 6) is -0.308. The van der Waals surface area contributed by atoms with E-state index in [1.807, 2.05) is 0 Å². The van der Waals surface area contributed by atoms with Gasteiger partial charge >= 0.3 is 0 Å². The van der Waals surface area contributed by atoms with Crippen LogP contribution in [0.4, 0.5) is 4.39 Å². The van der Waals surface area contributed by atoms with Crippen LogP contribution in [0.5, 0.6) is 0 Å². The Bertz CT molecular complexity index is 457. The van der Waals surface area contributed by atoms with Crippen molar-refractivity contribution in [3.8, 4) is 11.3 Å². The molecule has 0 saturated heterocycles. The fourth-order valence-corrected chi connectivity index (χ4v) is 1.37. The Morgan fingerprint density at radius 3 is 2.87 bits per heavy atom. The molecule has 2 N–H and O–H groups in total. The Balaban J connectivity index is 2.56. The van der Waals surface area contributed by atoms with Crippen molar-refractivity contribution in [3.05, 3.63) is 47.9 Å². The SMILES string of the molecule is NCc1ccc(F)cc1-c1cc[c]nn1. The van der Waals surface area contributed by atoms with E-state index in [1.54, 1.807) is 18.2 Å². The van der Waals surface area contributed by atoms with Gasteiger partial charge < -0.3 is 5.73 Å². The summed E-state index contributed by atoms with van der Waals surface area (Å²) in [6.45, 7) is 0.343. The monoisotopic (exact) mass is 202 g/mol. The van der Waals surface area contributed by atoms with Crippen molar-refractivity contribution < 1.29 is 4.39 Å². The molecule has 1 heterocycles. The first-order valence-corrected chi connectivity index (χ1v) is 4.50. The standard InChI is InChI=1S/C11H9FN3/c12-9-4-3-8(7-13)10(6-9)11-2-1-5-14-15-11/h1-4,6H,7,13H2. The minimum absolute atomic E-state index is 0.308. The van der Waals surface area contributed by atoms with Gasteiger partial charge in [0, 0.05) is 12.1 Å². The van der Waals surface area contributed by atoms with Gasteiger partial charge in [-0.25, -0.2) is 4.39 Å². The van der Waals surface area contributed by atoms with Gasteiger partial charge in [0.25, 0.3) is 0 Å². The van der Waals surface area contributed by atoms with Crippen molar-refractivity contribution >= 4 is 0 Å². The Morgan fingerprint density at radius 2 is 2.20 bits per heavy atom. The molecule has 1 radical (unpaired) electrons. The lowest BCUT2D eigenvalue weighted by Crippen LogP contribution is -2.00. The first-order valence-electron chi connectivity index (χ1n) is 4.50. The number of nitrogens with two attached hydrogens (primary N) is 1. The van der Waals surface area contributed by atoms with Crippen LogP contribution in [0, 0.1) is 12.0 Å². The number of nitrogens with zero attached hydrogens (tertiary/aromatic N) is 2. The molecule has 4 heteroatoms. The van der Waals surface area contributed by atoms with Gasteiger partial charge in [-0.1, -0.05) is 6.07 Å². The van der Waals surface area contributed by atoms with Crippen molar-refractivity contribution in [2.75, 3.05) is 0 Å². The molecule has 15 heavy (non-hydrogen) atoms. The largest absolute Gasteiger partial charge is 0.326 e. The third-order valence-corrected chi connectivity index (χ3v) is 2.10. The van der Waals surface area contributed by atoms with Gasteiger partial charge in [0.2, 0.25) is 0 Å². The summed E-state index contributed by atoms with van der Waals surface area (Å²) in [4.78, 5) is 0. The van der Waals surface area contributed by atoms with Gasteiger partial charge in [-0.3, -0.25) is 0 Å². The fourth-order valence-electron chi connectivity index (χ4n) is 1.37. The van der Waals surface area contributed by atoms with Crippen LogP contribution in [0.2, 0.25) is 0 Å². The van der Waals surface area contributed by atoms with Crippen LogP contribution in [0.3, 0.4) is 0 Å². The van der Waals surface area contributed by atoms with Crippen molar-refractivity contribution in [2.45, 2.75) is 6.54 Å². The molecule has 0 amide bonds. The van der Waals surface area contributed by atoms with Gasteiger partial charge in [-0.15, -0.1) is 10.2 Å². The van der Waals surface area contributed by atoms with E-state index in [9.17, 15) is 4.39 Å². The quantitative estimate of drug-likeness (QED) is 0.803. The van der Waals surface area contributed by atoms with E-state index in [2.05, 4.69) is 16.4 Å². The van der Waals surface area contributed by atoms with Crippen molar-refractivity contribution in [1.29, 1.82) is 0 Å². The van der Waals surface area contributed by atoms with Gasteiger partial charge in [-0.2, -0.15) is 0 Å². The molecule has 2 rings (SSSR count). The summed E-state index contributed by atoms with van der Waals surface area (Å²) in [6, 6.07) is 7.80. The highest BCUT2D eigenvalue weighted by molar-refractivity contribution is 5.63. The summed E-state index contributed by atoms with van der Waals surface area (Å²) in [5, 5.41) is 7.50. The zero-order chi connectivity index (χ0) is 10.7. The zero-order valence-corrected chi connectivity index (χ0v) is 7.94. The number of hydrogen-bond acceptors (Lipinski definition) is 3. The number of aromatic nitrogens is 2. The van der Waals surface area contributed by atoms with Crippen molar-refractivity contribution in [1.82, 2.24) is 10.2 Å². The van der Waals surface area contributed by atoms with Gasteiger partial charge in [0.05, 0.1) is 5.69 Å². The van der Waals surface area contributed by atoms with Crippen LogP contribution >= 0.6 is 0 Å². The summed E-state index contributed by atoms with van der Waals surface area (Å²) >= 11 is 0. The lowest BCUT2D eigenvalue weighted by Gasteiger charge is -2.05. The topological polar surface area (TPSA) is 51.8 Å². The number of halogens is 1. The van der Waals surface area contributed by atoms with E-state index in [4.69, 9.17) is 5.73 Å². The predicted octanol–water partition coefficient (Wildman–Crippen LogP) is 1.54. The first-order chi connectivity index (χ1) is 7.31. The second-order valence-corrected chi connectivity index (χ2v) is 3.05. The molecule has 0 saturated carbocycles. The average molecular weight is 202 g/mol. The lowest BCUT2D eigenvalue weighted by atomic mass is 10.0. The van der Waals surface area contributed by atoms with Crippen LogP contribution in [0.1, 0.15) is 5.56 Å². The van der Waals surface area contributed by atoms with Gasteiger partial charge in [-0.05, 0) is 29.8 Å². The second kappa shape index (κ2) is 4.14. The Hall–Kier alpha value is -1.81. The number of benzene rings is 1. The van der Waals surface area contributed by atoms with Crippen LogP contribution in [0.25, 0.3) is 11.3 Å². The third-order valence-electron chi connectivity index (χ3n) is 2.10. The predicted molar refractivity (Wildman–Crippen MR) is 54.2 cm³/mol. The first kappa shape index (κ1) is 9.73. The molecular formula is C11H9FN3. The normalized spacial score (nSPS) is 10.3. The van der Waals surface area contributed by atoms with E-state index in [-0.39, 0.29) is 5.82 Å². The molecule has 1 aromatic heterocycles. The molecule has 0 atom stereocenters. The molecule has 0 aliphatic heterocycles. The van der Waals surface area contributed by atoms with E-state index in [0.717, 1.165) is 5.56 Å². The van der Waals surface area contributed by atoms with Crippen LogP contribution in [-0.2, 0) is 6.54 Å². The van der Waals surface area contributed by atoms with Crippen LogP contribution in [-0.4, -0.2) is 10.2 Å². The minimum atomic E-state index is -0.308. The molecule has 2 aromatic rings. The molecule has 0 bridgehead atoms. The molecule has 1 aromatic carbocycles. The van der Waals surface area contributed by atoms with Crippen LogP contribution in [0.15, 0.2) is 30.3 Å². The van der Waals surface area contributed by atoms with Crippen molar-refractivity contribution in [2.24, 2.45) is 5.73 Å². The Kier molecular flexibility index (Phi) is 2.69. The second-order valence-electron chi connectivity index (χ2n) is 3.05. The molecule has 0 spiro atoms. The fraction of sp³-hybridized carbons (Fsp3) is 0.0909. The summed E-state index contributed by atoms with van der Waals surface area (Å²) in [6.07, 6.45) is 2.57. The minimum Gasteiger partial charge on any atom is -0.326 e. The highest BCUT2D eigenvalue weighted by Crippen LogP contribution is 2.21. The maximum Gasteiger partial charge on any atom is 0.123 e. The smallest absolute Gasteiger partial charge is 0.123 e. The molecule has 0 fully saturated rings. The zero-order valence-electron chi connectivity index (χ0n) is 7.94. The highest BCUT2D eigenvalue weighted by Gasteiger charge is 2.06. The summed E-state index contributed by atoms with van der Waals surface area (Å²) < 4.78 is 13.1. The highest BCUT2D eigenvalue weighted by atomic mass is 19.1. The maximum atomic E-state index is 13.1. The molecular weight excluding hydrogens is 193 g/mol. The van der Waals surface area contributed by atoms with Gasteiger partial charge in [0.15, 0.2) is 0 Å². The Morgan fingerprint density at radius 1 is 1.33 bits per heavy atom. The van der Waals surface area contributed by atoms with E-state index < -0.39 is 0 Å². The van der Waals surface area contributed by atoms with E-state index >= 15 is 0 Å². The Labute approximate surface area is 86.8 Å². The summed E-state index contributed by atoms with van der Waals surface area (Å²) in [7, 11) is 0. The summed E-state index contributed by atoms with van der Waals surface area (Å²) in [5.41, 5.74) is 7.69. The van der Waals surface area contributed by atoms with E-state index in [0.29, 0.717) is 17.8 Å². The average Bonchev–Trinajstić information content (AvgIpc) is 2.30. The van der Waals surface area contributed by atoms with Gasteiger partial charge in [0.1, 0.15) is 12.0 Å². The van der Waals surface area contributed by atoms with E-state index in [1.165, 1.54) is 12.1 Å². The molecule has 0 aliphatic carbocycles. The molecule has 0 aliphatic rings. The molecule has 75 valence electrons. The maximum absolute atomic E-state index is 13.1. The molecule has 3 nitrogen and oxygen atoms in total. The molecule has 0 unspecified atom stereocenters. The third kappa shape index (κ3) is 1.99. The van der Waals surface area contributed by atoms with Crippen LogP contribution < -0.4 is 5.73 Å². The van der Waals surface area contributed by atoms with Crippen molar-refractivity contribution in [3.63, 3.8) is 0 Å². The lowest BCUT2D eigenvalue weighted by molar-refractivity contribution is 0.627. The number of rotatable bonds is 2.